The molecule has 0 saturated heterocycles. The van der Waals surface area contributed by atoms with Gasteiger partial charge in [0.15, 0.2) is 0 Å². The fourth-order valence-electron chi connectivity index (χ4n) is 4.90. The van der Waals surface area contributed by atoms with Gasteiger partial charge in [0, 0.05) is 11.6 Å². The van der Waals surface area contributed by atoms with Gasteiger partial charge in [-0.2, -0.15) is 0 Å². The molecule has 0 bridgehead atoms. The molecule has 1 saturated carbocycles. The summed E-state index contributed by atoms with van der Waals surface area (Å²) >= 11 is 0. The highest BCUT2D eigenvalue weighted by Crippen LogP contribution is 2.30. The maximum absolute atomic E-state index is 13.1. The Morgan fingerprint density at radius 3 is 2.74 bits per heavy atom. The Morgan fingerprint density at radius 2 is 1.94 bits per heavy atom. The van der Waals surface area contributed by atoms with E-state index in [1.165, 1.54) is 19.3 Å². The van der Waals surface area contributed by atoms with Crippen LogP contribution in [0, 0.1) is 12.8 Å². The lowest BCUT2D eigenvalue weighted by Gasteiger charge is -2.29. The largest absolute Gasteiger partial charge is 0.458 e. The van der Waals surface area contributed by atoms with E-state index in [0.717, 1.165) is 46.8 Å². The van der Waals surface area contributed by atoms with Crippen LogP contribution in [0.4, 0.5) is 0 Å². The Kier molecular flexibility index (Phi) is 5.22. The Balaban J connectivity index is 1.49. The Morgan fingerprint density at radius 1 is 1.13 bits per heavy atom. The third-order valence-corrected chi connectivity index (χ3v) is 6.60. The Bertz CT molecular complexity index is 1230. The number of carbonyl (C=O) groups is 1. The zero-order valence-electron chi connectivity index (χ0n) is 18.1. The van der Waals surface area contributed by atoms with Crippen LogP contribution in [0.15, 0.2) is 48.7 Å². The molecule has 2 aromatic heterocycles. The van der Waals surface area contributed by atoms with Gasteiger partial charge in [-0.25, -0.2) is 9.47 Å². The Labute approximate surface area is 181 Å². The number of rotatable bonds is 5. The van der Waals surface area contributed by atoms with E-state index >= 15 is 0 Å². The van der Waals surface area contributed by atoms with Gasteiger partial charge >= 0.3 is 5.97 Å². The smallest absolute Gasteiger partial charge is 0.338 e. The highest BCUT2D eigenvalue weighted by Gasteiger charge is 2.26. The number of hydrogen-bond donors (Lipinski definition) is 0. The molecule has 6 nitrogen and oxygen atoms in total. The van der Waals surface area contributed by atoms with Gasteiger partial charge in [0.2, 0.25) is 0 Å². The van der Waals surface area contributed by atoms with E-state index in [1.807, 2.05) is 53.3 Å². The normalized spacial score (nSPS) is 16.1. The SMILES string of the molecule is CCC(OC(=O)c1ccc2c(C)cn(-n3nnc4ccccc43)c2c1)C1CCCCC1. The molecule has 0 N–H and O–H groups in total. The van der Waals surface area contributed by atoms with Crippen molar-refractivity contribution >= 4 is 27.9 Å². The van der Waals surface area contributed by atoms with E-state index in [2.05, 4.69) is 24.2 Å². The molecule has 5 rings (SSSR count). The zero-order chi connectivity index (χ0) is 21.4. The van der Waals surface area contributed by atoms with Crippen molar-refractivity contribution in [3.8, 4) is 0 Å². The number of ether oxygens (including phenoxy) is 1. The molecule has 1 unspecified atom stereocenters. The van der Waals surface area contributed by atoms with Gasteiger partial charge < -0.3 is 4.74 Å². The van der Waals surface area contributed by atoms with Crippen LogP contribution in [0.3, 0.4) is 0 Å². The average Bonchev–Trinajstić information content (AvgIpc) is 3.38. The van der Waals surface area contributed by atoms with Crippen molar-refractivity contribution in [1.82, 2.24) is 19.8 Å². The van der Waals surface area contributed by atoms with Gasteiger partial charge in [-0.05, 0) is 67.1 Å². The topological polar surface area (TPSA) is 61.9 Å². The lowest BCUT2D eigenvalue weighted by atomic mass is 9.84. The fourth-order valence-corrected chi connectivity index (χ4v) is 4.90. The lowest BCUT2D eigenvalue weighted by Crippen LogP contribution is -2.28. The summed E-state index contributed by atoms with van der Waals surface area (Å²) in [5, 5.41) is 9.69. The summed E-state index contributed by atoms with van der Waals surface area (Å²) in [5.41, 5.74) is 4.34. The molecule has 2 aromatic carbocycles. The molecule has 1 aliphatic rings. The maximum Gasteiger partial charge on any atom is 0.338 e. The quantitative estimate of drug-likeness (QED) is 0.402. The van der Waals surface area contributed by atoms with Crippen LogP contribution in [0.1, 0.15) is 61.4 Å². The van der Waals surface area contributed by atoms with Crippen molar-refractivity contribution < 1.29 is 9.53 Å². The minimum Gasteiger partial charge on any atom is -0.458 e. The van der Waals surface area contributed by atoms with Crippen molar-refractivity contribution in [2.45, 2.75) is 58.5 Å². The third kappa shape index (κ3) is 3.60. The predicted octanol–water partition coefficient (Wildman–Crippen LogP) is 5.52. The number of fused-ring (bicyclic) bond motifs is 2. The van der Waals surface area contributed by atoms with E-state index < -0.39 is 0 Å². The molecule has 1 aliphatic carbocycles. The molecule has 31 heavy (non-hydrogen) atoms. The second kappa shape index (κ2) is 8.17. The van der Waals surface area contributed by atoms with Crippen molar-refractivity contribution in [3.05, 3.63) is 59.8 Å². The molecule has 1 fully saturated rings. The molecule has 4 aromatic rings. The number of para-hydroxylation sites is 1. The summed E-state index contributed by atoms with van der Waals surface area (Å²) in [4.78, 5) is 14.8. The van der Waals surface area contributed by atoms with Gasteiger partial charge in [0.25, 0.3) is 0 Å². The molecular weight excluding hydrogens is 388 g/mol. The fraction of sp³-hybridized carbons (Fsp3) is 0.400. The first-order valence-electron chi connectivity index (χ1n) is 11.3. The lowest BCUT2D eigenvalue weighted by molar-refractivity contribution is 0.00647. The van der Waals surface area contributed by atoms with E-state index in [0.29, 0.717) is 11.5 Å². The average molecular weight is 417 g/mol. The van der Waals surface area contributed by atoms with E-state index in [-0.39, 0.29) is 12.1 Å². The standard InChI is InChI=1S/C25H28N4O2/c1-3-24(18-9-5-4-6-10-18)31-25(30)19-13-14-20-17(2)16-28(23(20)15-19)29-22-12-8-7-11-21(22)26-27-29/h7-8,11-16,18,24H,3-6,9-10H2,1-2H3. The van der Waals surface area contributed by atoms with Crippen molar-refractivity contribution in [3.63, 3.8) is 0 Å². The van der Waals surface area contributed by atoms with Crippen LogP contribution in [-0.4, -0.2) is 31.9 Å². The molecule has 1 atom stereocenters. The highest BCUT2D eigenvalue weighted by molar-refractivity contribution is 5.95. The monoisotopic (exact) mass is 416 g/mol. The van der Waals surface area contributed by atoms with E-state index in [4.69, 9.17) is 4.74 Å². The molecule has 6 heteroatoms. The first-order chi connectivity index (χ1) is 15.2. The Hall–Kier alpha value is -3.15. The maximum atomic E-state index is 13.1. The summed E-state index contributed by atoms with van der Waals surface area (Å²) < 4.78 is 7.95. The zero-order valence-corrected chi connectivity index (χ0v) is 18.1. The number of nitrogens with zero attached hydrogens (tertiary/aromatic N) is 4. The van der Waals surface area contributed by atoms with Crippen LogP contribution in [-0.2, 0) is 4.74 Å². The first-order valence-corrected chi connectivity index (χ1v) is 11.3. The summed E-state index contributed by atoms with van der Waals surface area (Å²) in [7, 11) is 0. The molecule has 0 aliphatic heterocycles. The molecule has 0 amide bonds. The van der Waals surface area contributed by atoms with E-state index in [1.54, 1.807) is 4.79 Å². The van der Waals surface area contributed by atoms with Gasteiger partial charge in [-0.15, -0.1) is 9.89 Å². The number of aromatic nitrogens is 4. The summed E-state index contributed by atoms with van der Waals surface area (Å²) in [5.74, 6) is 0.243. The summed E-state index contributed by atoms with van der Waals surface area (Å²) in [6, 6.07) is 13.6. The second-order valence-electron chi connectivity index (χ2n) is 8.61. The van der Waals surface area contributed by atoms with Crippen molar-refractivity contribution in [2.75, 3.05) is 0 Å². The van der Waals surface area contributed by atoms with Crippen LogP contribution in [0.25, 0.3) is 21.9 Å². The van der Waals surface area contributed by atoms with E-state index in [9.17, 15) is 4.79 Å². The van der Waals surface area contributed by atoms with Crippen molar-refractivity contribution in [2.24, 2.45) is 5.92 Å². The highest BCUT2D eigenvalue weighted by atomic mass is 16.5. The second-order valence-corrected chi connectivity index (χ2v) is 8.61. The minimum atomic E-state index is -0.242. The molecule has 0 spiro atoms. The third-order valence-electron chi connectivity index (χ3n) is 6.60. The number of esters is 1. The van der Waals surface area contributed by atoms with Gasteiger partial charge in [-0.1, -0.05) is 44.4 Å². The predicted molar refractivity (Wildman–Crippen MR) is 121 cm³/mol. The molecular formula is C25H28N4O2. The van der Waals surface area contributed by atoms with Gasteiger partial charge in [-0.3, -0.25) is 0 Å². The van der Waals surface area contributed by atoms with Crippen molar-refractivity contribution in [1.29, 1.82) is 0 Å². The number of carbonyl (C=O) groups excluding carboxylic acids is 1. The summed E-state index contributed by atoms with van der Waals surface area (Å²) in [6.07, 6.45) is 8.98. The van der Waals surface area contributed by atoms with Crippen LogP contribution in [0.5, 0.6) is 0 Å². The van der Waals surface area contributed by atoms with Gasteiger partial charge in [0.05, 0.1) is 11.1 Å². The molecule has 2 heterocycles. The number of benzene rings is 2. The minimum absolute atomic E-state index is 0.00345. The molecule has 0 radical (unpaired) electrons. The first kappa shape index (κ1) is 19.8. The van der Waals surface area contributed by atoms with Gasteiger partial charge in [0.1, 0.15) is 17.1 Å². The summed E-state index contributed by atoms with van der Waals surface area (Å²) in [6.45, 7) is 4.17. The number of aryl methyl sites for hydroxylation is 1. The van der Waals surface area contributed by atoms with Crippen LogP contribution < -0.4 is 0 Å². The van der Waals surface area contributed by atoms with Crippen LogP contribution >= 0.6 is 0 Å². The number of hydrogen-bond acceptors (Lipinski definition) is 4. The van der Waals surface area contributed by atoms with Crippen LogP contribution in [0.2, 0.25) is 0 Å². The molecule has 160 valence electrons.